The van der Waals surface area contributed by atoms with Crippen LogP contribution in [0.3, 0.4) is 0 Å². The molecule has 1 unspecified atom stereocenters. The lowest BCUT2D eigenvalue weighted by Gasteiger charge is -2.07. The Morgan fingerprint density at radius 2 is 2.38 bits per heavy atom. The Labute approximate surface area is 76.4 Å². The van der Waals surface area contributed by atoms with Crippen molar-refractivity contribution in [3.63, 3.8) is 0 Å². The van der Waals surface area contributed by atoms with E-state index in [1.165, 1.54) is 5.56 Å². The van der Waals surface area contributed by atoms with Crippen LogP contribution in [0.4, 0.5) is 0 Å². The molecule has 2 heterocycles. The van der Waals surface area contributed by atoms with Gasteiger partial charge < -0.3 is 9.84 Å². The topological polar surface area (TPSA) is 42.4 Å². The van der Waals surface area contributed by atoms with Crippen molar-refractivity contribution in [1.82, 2.24) is 4.98 Å². The third-order valence-corrected chi connectivity index (χ3v) is 2.88. The Balaban J connectivity index is 2.23. The van der Waals surface area contributed by atoms with Gasteiger partial charge in [-0.2, -0.15) is 0 Å². The van der Waals surface area contributed by atoms with Gasteiger partial charge in [-0.3, -0.25) is 0 Å². The van der Waals surface area contributed by atoms with Crippen molar-refractivity contribution in [3.8, 4) is 5.88 Å². The highest BCUT2D eigenvalue weighted by atomic mass is 16.5. The number of fused-ring (bicyclic) bond motifs is 3. The first-order valence-corrected chi connectivity index (χ1v) is 4.68. The molecule has 1 aromatic rings. The number of hydrogen-bond acceptors (Lipinski definition) is 3. The number of aromatic nitrogens is 1. The van der Waals surface area contributed by atoms with Crippen LogP contribution in [0.15, 0.2) is 6.20 Å². The van der Waals surface area contributed by atoms with Gasteiger partial charge in [0, 0.05) is 18.2 Å². The second-order valence-corrected chi connectivity index (χ2v) is 3.63. The molecule has 13 heavy (non-hydrogen) atoms. The zero-order chi connectivity index (χ0) is 8.84. The maximum atomic E-state index is 9.76. The fraction of sp³-hybridized carbons (Fsp3) is 0.500. The van der Waals surface area contributed by atoms with Crippen molar-refractivity contribution in [2.45, 2.75) is 25.4 Å². The van der Waals surface area contributed by atoms with Gasteiger partial charge in [0.1, 0.15) is 0 Å². The third kappa shape index (κ3) is 0.907. The van der Waals surface area contributed by atoms with Crippen LogP contribution in [-0.4, -0.2) is 16.7 Å². The van der Waals surface area contributed by atoms with Gasteiger partial charge in [0.15, 0.2) is 0 Å². The lowest BCUT2D eigenvalue weighted by molar-refractivity contribution is 0.179. The minimum absolute atomic E-state index is 0.284. The molecule has 0 aromatic carbocycles. The molecule has 0 amide bonds. The van der Waals surface area contributed by atoms with Crippen LogP contribution in [0.1, 0.15) is 29.2 Å². The number of pyridine rings is 1. The molecule has 0 spiro atoms. The van der Waals surface area contributed by atoms with Crippen LogP contribution < -0.4 is 4.74 Å². The molecular weight excluding hydrogens is 166 g/mol. The second kappa shape index (κ2) is 2.45. The molecule has 3 nitrogen and oxygen atoms in total. The molecular formula is C10H11NO2. The standard InChI is InChI=1S/C10H11NO2/c12-8-2-1-6-5-11-10-7(9(6)8)3-4-13-10/h5,8,12H,1-4H2. The SMILES string of the molecule is OC1CCc2cnc3c(c21)CCO3. The van der Waals surface area contributed by atoms with E-state index in [4.69, 9.17) is 4.74 Å². The normalized spacial score (nSPS) is 23.9. The summed E-state index contributed by atoms with van der Waals surface area (Å²) in [5.74, 6) is 0.736. The predicted octanol–water partition coefficient (Wildman–Crippen LogP) is 0.996. The number of aliphatic hydroxyl groups excluding tert-OH is 1. The third-order valence-electron chi connectivity index (χ3n) is 2.88. The monoisotopic (exact) mass is 177 g/mol. The molecule has 1 N–H and O–H groups in total. The summed E-state index contributed by atoms with van der Waals surface area (Å²) in [5.41, 5.74) is 3.45. The molecule has 3 rings (SSSR count). The largest absolute Gasteiger partial charge is 0.477 e. The van der Waals surface area contributed by atoms with Crippen molar-refractivity contribution in [3.05, 3.63) is 22.9 Å². The Morgan fingerprint density at radius 1 is 1.46 bits per heavy atom. The van der Waals surface area contributed by atoms with Crippen LogP contribution in [0.25, 0.3) is 0 Å². The summed E-state index contributed by atoms with van der Waals surface area (Å²) >= 11 is 0. The smallest absolute Gasteiger partial charge is 0.217 e. The number of aryl methyl sites for hydroxylation is 1. The molecule has 0 bridgehead atoms. The van der Waals surface area contributed by atoms with Crippen molar-refractivity contribution in [1.29, 1.82) is 0 Å². The number of nitrogens with zero attached hydrogens (tertiary/aromatic N) is 1. The first kappa shape index (κ1) is 7.33. The fourth-order valence-electron chi connectivity index (χ4n) is 2.26. The van der Waals surface area contributed by atoms with Crippen LogP contribution in [0.2, 0.25) is 0 Å². The maximum absolute atomic E-state index is 9.76. The molecule has 0 fully saturated rings. The first-order valence-electron chi connectivity index (χ1n) is 4.68. The van der Waals surface area contributed by atoms with Gasteiger partial charge in [-0.25, -0.2) is 4.98 Å². The Kier molecular flexibility index (Phi) is 1.38. The van der Waals surface area contributed by atoms with Crippen LogP contribution in [0, 0.1) is 0 Å². The zero-order valence-electron chi connectivity index (χ0n) is 7.29. The summed E-state index contributed by atoms with van der Waals surface area (Å²) in [4.78, 5) is 4.23. The van der Waals surface area contributed by atoms with E-state index in [1.807, 2.05) is 6.20 Å². The van der Waals surface area contributed by atoms with Crippen molar-refractivity contribution in [2.75, 3.05) is 6.61 Å². The van der Waals surface area contributed by atoms with Gasteiger partial charge in [-0.15, -0.1) is 0 Å². The average Bonchev–Trinajstić information content (AvgIpc) is 2.70. The van der Waals surface area contributed by atoms with Gasteiger partial charge in [0.05, 0.1) is 12.7 Å². The second-order valence-electron chi connectivity index (χ2n) is 3.63. The van der Waals surface area contributed by atoms with E-state index in [0.29, 0.717) is 6.61 Å². The highest BCUT2D eigenvalue weighted by molar-refractivity contribution is 5.45. The van der Waals surface area contributed by atoms with E-state index >= 15 is 0 Å². The number of aliphatic hydroxyl groups is 1. The van der Waals surface area contributed by atoms with Gasteiger partial charge in [0.2, 0.25) is 5.88 Å². The zero-order valence-corrected chi connectivity index (χ0v) is 7.29. The molecule has 0 radical (unpaired) electrons. The highest BCUT2D eigenvalue weighted by Gasteiger charge is 2.28. The van der Waals surface area contributed by atoms with Gasteiger partial charge >= 0.3 is 0 Å². The van der Waals surface area contributed by atoms with Crippen molar-refractivity contribution < 1.29 is 9.84 Å². The molecule has 1 aliphatic heterocycles. The summed E-state index contributed by atoms with van der Waals surface area (Å²) in [7, 11) is 0. The van der Waals surface area contributed by atoms with E-state index in [2.05, 4.69) is 4.98 Å². The van der Waals surface area contributed by atoms with Crippen LogP contribution in [-0.2, 0) is 12.8 Å². The summed E-state index contributed by atoms with van der Waals surface area (Å²) in [6, 6.07) is 0. The van der Waals surface area contributed by atoms with Crippen LogP contribution >= 0.6 is 0 Å². The number of rotatable bonds is 0. The number of ether oxygens (including phenoxy) is 1. The molecule has 1 aliphatic carbocycles. The number of hydrogen-bond donors (Lipinski definition) is 1. The van der Waals surface area contributed by atoms with Crippen molar-refractivity contribution in [2.24, 2.45) is 0 Å². The Bertz CT molecular complexity index is 362. The first-order chi connectivity index (χ1) is 6.36. The minimum atomic E-state index is -0.284. The van der Waals surface area contributed by atoms with E-state index < -0.39 is 0 Å². The molecule has 1 atom stereocenters. The van der Waals surface area contributed by atoms with Gasteiger partial charge in [-0.05, 0) is 24.0 Å². The van der Waals surface area contributed by atoms with E-state index in [1.54, 1.807) is 0 Å². The maximum Gasteiger partial charge on any atom is 0.217 e. The summed E-state index contributed by atoms with van der Waals surface area (Å²) in [6.45, 7) is 0.714. The molecule has 1 aromatic heterocycles. The van der Waals surface area contributed by atoms with Crippen LogP contribution in [0.5, 0.6) is 5.88 Å². The lowest BCUT2D eigenvalue weighted by atomic mass is 10.0. The highest BCUT2D eigenvalue weighted by Crippen LogP contribution is 2.38. The summed E-state index contributed by atoms with van der Waals surface area (Å²) < 4.78 is 5.35. The molecule has 0 saturated heterocycles. The minimum Gasteiger partial charge on any atom is -0.477 e. The fourth-order valence-corrected chi connectivity index (χ4v) is 2.26. The molecule has 0 saturated carbocycles. The molecule has 68 valence electrons. The average molecular weight is 177 g/mol. The summed E-state index contributed by atoms with van der Waals surface area (Å²) in [6.07, 6.45) is 4.26. The van der Waals surface area contributed by atoms with E-state index in [9.17, 15) is 5.11 Å². The Hall–Kier alpha value is -1.09. The predicted molar refractivity (Wildman–Crippen MR) is 46.7 cm³/mol. The van der Waals surface area contributed by atoms with E-state index in [-0.39, 0.29) is 6.10 Å². The van der Waals surface area contributed by atoms with Crippen molar-refractivity contribution >= 4 is 0 Å². The molecule has 2 aliphatic rings. The van der Waals surface area contributed by atoms with Gasteiger partial charge in [0.25, 0.3) is 0 Å². The quantitative estimate of drug-likeness (QED) is 0.642. The molecule has 3 heteroatoms. The lowest BCUT2D eigenvalue weighted by Crippen LogP contribution is -1.97. The van der Waals surface area contributed by atoms with Gasteiger partial charge in [-0.1, -0.05) is 0 Å². The van der Waals surface area contributed by atoms with E-state index in [0.717, 1.165) is 36.3 Å². The summed E-state index contributed by atoms with van der Waals surface area (Å²) in [5, 5.41) is 9.76. The Morgan fingerprint density at radius 3 is 3.31 bits per heavy atom.